The molecule has 23 heavy (non-hydrogen) atoms. The predicted molar refractivity (Wildman–Crippen MR) is 93.9 cm³/mol. The number of sulfonamides is 1. The Morgan fingerprint density at radius 3 is 2.52 bits per heavy atom. The first-order chi connectivity index (χ1) is 10.3. The van der Waals surface area contributed by atoms with Crippen LogP contribution in [0.25, 0.3) is 0 Å². The number of carbonyl (C=O) groups excluding carboxylic acids is 1. The maximum Gasteiger partial charge on any atom is 0.224 e. The van der Waals surface area contributed by atoms with Crippen molar-refractivity contribution < 1.29 is 13.2 Å². The van der Waals surface area contributed by atoms with E-state index in [-0.39, 0.29) is 30.3 Å². The molecular weight excluding hydrogens is 338 g/mol. The van der Waals surface area contributed by atoms with Gasteiger partial charge in [0.05, 0.1) is 12.7 Å². The van der Waals surface area contributed by atoms with E-state index >= 15 is 0 Å². The number of benzene rings is 1. The summed E-state index contributed by atoms with van der Waals surface area (Å²) < 4.78 is 25.3. The minimum absolute atomic E-state index is 0. The average Bonchev–Trinajstić information content (AvgIpc) is 2.84. The fourth-order valence-corrected chi connectivity index (χ4v) is 3.70. The summed E-state index contributed by atoms with van der Waals surface area (Å²) >= 11 is 0. The highest BCUT2D eigenvalue weighted by atomic mass is 35.5. The summed E-state index contributed by atoms with van der Waals surface area (Å²) in [5.41, 5.74) is 7.19. The van der Waals surface area contributed by atoms with Gasteiger partial charge in [-0.3, -0.25) is 4.79 Å². The molecule has 8 heteroatoms. The summed E-state index contributed by atoms with van der Waals surface area (Å²) in [5, 5.41) is 2.90. The average molecular weight is 362 g/mol. The highest BCUT2D eigenvalue weighted by Gasteiger charge is 2.29. The molecule has 1 aromatic rings. The Morgan fingerprint density at radius 1 is 1.26 bits per heavy atom. The third-order valence-corrected chi connectivity index (χ3v) is 4.66. The van der Waals surface area contributed by atoms with Gasteiger partial charge in [-0.2, -0.15) is 0 Å². The third kappa shape index (κ3) is 6.76. The van der Waals surface area contributed by atoms with Crippen LogP contribution in [0.5, 0.6) is 0 Å². The van der Waals surface area contributed by atoms with Gasteiger partial charge in [0.25, 0.3) is 0 Å². The lowest BCUT2D eigenvalue weighted by molar-refractivity contribution is -0.120. The number of halogens is 1. The molecule has 4 N–H and O–H groups in total. The van der Waals surface area contributed by atoms with E-state index in [0.29, 0.717) is 18.7 Å². The third-order valence-electron chi connectivity index (χ3n) is 3.93. The van der Waals surface area contributed by atoms with Gasteiger partial charge in [-0.1, -0.05) is 18.6 Å². The second-order valence-electron chi connectivity index (χ2n) is 5.91. The number of carbonyl (C=O) groups is 1. The largest absolute Gasteiger partial charge is 0.399 e. The zero-order valence-corrected chi connectivity index (χ0v) is 14.8. The van der Waals surface area contributed by atoms with Crippen LogP contribution < -0.4 is 15.8 Å². The van der Waals surface area contributed by atoms with Crippen molar-refractivity contribution in [3.63, 3.8) is 0 Å². The molecule has 1 fully saturated rings. The number of hydrogen-bond donors (Lipinski definition) is 3. The van der Waals surface area contributed by atoms with Gasteiger partial charge in [-0.25, -0.2) is 13.1 Å². The van der Waals surface area contributed by atoms with Crippen LogP contribution in [0.4, 0.5) is 5.69 Å². The quantitative estimate of drug-likeness (QED) is 0.659. The van der Waals surface area contributed by atoms with E-state index in [1.165, 1.54) is 6.26 Å². The molecule has 1 saturated carbocycles. The van der Waals surface area contributed by atoms with Crippen LogP contribution in [-0.4, -0.2) is 33.2 Å². The Bertz CT molecular complexity index is 619. The van der Waals surface area contributed by atoms with Crippen LogP contribution in [0.2, 0.25) is 0 Å². The molecule has 2 unspecified atom stereocenters. The summed E-state index contributed by atoms with van der Waals surface area (Å²) in [6.07, 6.45) is 4.20. The summed E-state index contributed by atoms with van der Waals surface area (Å²) in [6, 6.07) is 7.13. The Balaban J connectivity index is 0.00000264. The van der Waals surface area contributed by atoms with Crippen LogP contribution in [-0.2, 0) is 21.2 Å². The van der Waals surface area contributed by atoms with Crippen molar-refractivity contribution in [3.05, 3.63) is 29.8 Å². The van der Waals surface area contributed by atoms with E-state index in [4.69, 9.17) is 5.73 Å². The molecule has 0 radical (unpaired) electrons. The number of nitrogens with one attached hydrogen (secondary N) is 2. The molecule has 1 aliphatic rings. The molecule has 2 rings (SSSR count). The van der Waals surface area contributed by atoms with Gasteiger partial charge in [0.2, 0.25) is 15.9 Å². The van der Waals surface area contributed by atoms with Crippen LogP contribution in [0.15, 0.2) is 24.3 Å². The number of hydrogen-bond acceptors (Lipinski definition) is 4. The maximum atomic E-state index is 12.0. The molecule has 0 aromatic heterocycles. The van der Waals surface area contributed by atoms with Gasteiger partial charge in [0.1, 0.15) is 0 Å². The number of anilines is 1. The second kappa shape index (κ2) is 8.52. The molecule has 2 atom stereocenters. The first kappa shape index (κ1) is 19.7. The molecule has 130 valence electrons. The van der Waals surface area contributed by atoms with Gasteiger partial charge >= 0.3 is 0 Å². The molecule has 0 aliphatic heterocycles. The van der Waals surface area contributed by atoms with Crippen LogP contribution in [0.3, 0.4) is 0 Å². The van der Waals surface area contributed by atoms with E-state index < -0.39 is 10.0 Å². The van der Waals surface area contributed by atoms with E-state index in [0.717, 1.165) is 24.8 Å². The van der Waals surface area contributed by atoms with Crippen molar-refractivity contribution in [2.24, 2.45) is 5.92 Å². The minimum atomic E-state index is -3.21. The van der Waals surface area contributed by atoms with E-state index in [1.807, 2.05) is 12.1 Å². The Hall–Kier alpha value is -1.31. The Morgan fingerprint density at radius 2 is 1.91 bits per heavy atom. The minimum Gasteiger partial charge on any atom is -0.399 e. The van der Waals surface area contributed by atoms with Crippen molar-refractivity contribution in [2.45, 2.75) is 31.7 Å². The molecule has 0 saturated heterocycles. The van der Waals surface area contributed by atoms with Gasteiger partial charge in [-0.15, -0.1) is 12.4 Å². The lowest BCUT2D eigenvalue weighted by Crippen LogP contribution is -2.41. The van der Waals surface area contributed by atoms with Crippen molar-refractivity contribution >= 4 is 34.0 Å². The van der Waals surface area contributed by atoms with Crippen molar-refractivity contribution in [1.29, 1.82) is 0 Å². The van der Waals surface area contributed by atoms with Gasteiger partial charge < -0.3 is 11.1 Å². The maximum absolute atomic E-state index is 12.0. The van der Waals surface area contributed by atoms with E-state index in [9.17, 15) is 13.2 Å². The zero-order chi connectivity index (χ0) is 16.2. The molecule has 1 aliphatic carbocycles. The summed E-state index contributed by atoms with van der Waals surface area (Å²) in [4.78, 5) is 12.0. The van der Waals surface area contributed by atoms with Crippen LogP contribution in [0, 0.1) is 5.92 Å². The Labute approximate surface area is 143 Å². The van der Waals surface area contributed by atoms with Crippen LogP contribution in [0.1, 0.15) is 24.8 Å². The van der Waals surface area contributed by atoms with Crippen LogP contribution >= 0.6 is 12.4 Å². The Kier molecular flexibility index (Phi) is 7.31. The van der Waals surface area contributed by atoms with Crippen molar-refractivity contribution in [1.82, 2.24) is 10.0 Å². The number of nitrogen functional groups attached to an aromatic ring is 1. The monoisotopic (exact) mass is 361 g/mol. The predicted octanol–water partition coefficient (Wildman–Crippen LogP) is 1.07. The number of rotatable bonds is 6. The first-order valence-corrected chi connectivity index (χ1v) is 9.31. The highest BCUT2D eigenvalue weighted by Crippen LogP contribution is 2.25. The lowest BCUT2D eigenvalue weighted by atomic mass is 10.0. The molecule has 0 heterocycles. The van der Waals surface area contributed by atoms with Gasteiger partial charge in [-0.05, 0) is 36.5 Å². The van der Waals surface area contributed by atoms with E-state index in [1.54, 1.807) is 12.1 Å². The fraction of sp³-hybridized carbons (Fsp3) is 0.533. The normalized spacial score (nSPS) is 20.7. The lowest BCUT2D eigenvalue weighted by Gasteiger charge is -2.20. The smallest absolute Gasteiger partial charge is 0.224 e. The summed E-state index contributed by atoms with van der Waals surface area (Å²) in [6.45, 7) is 0.501. The molecule has 1 aromatic carbocycles. The topological polar surface area (TPSA) is 101 Å². The zero-order valence-electron chi connectivity index (χ0n) is 13.1. The molecular formula is C15H24ClN3O3S. The van der Waals surface area contributed by atoms with Gasteiger partial charge in [0, 0.05) is 18.3 Å². The number of amides is 1. The van der Waals surface area contributed by atoms with Crippen molar-refractivity contribution in [3.8, 4) is 0 Å². The fourth-order valence-electron chi connectivity index (χ4n) is 2.84. The molecule has 6 nitrogen and oxygen atoms in total. The SMILES string of the molecule is CS(=O)(=O)NC1CCCC1CNC(=O)Cc1ccc(N)cc1.Cl. The second-order valence-corrected chi connectivity index (χ2v) is 7.69. The van der Waals surface area contributed by atoms with Crippen molar-refractivity contribution in [2.75, 3.05) is 18.5 Å². The standard InChI is InChI=1S/C15H23N3O3S.ClH/c1-22(20,21)18-14-4-2-3-12(14)10-17-15(19)9-11-5-7-13(16)8-6-11;/h5-8,12,14,18H,2-4,9-10,16H2,1H3,(H,17,19);1H. The van der Waals surface area contributed by atoms with E-state index in [2.05, 4.69) is 10.0 Å². The first-order valence-electron chi connectivity index (χ1n) is 7.42. The molecule has 0 spiro atoms. The molecule has 1 amide bonds. The molecule has 0 bridgehead atoms. The van der Waals surface area contributed by atoms with Gasteiger partial charge in [0.15, 0.2) is 0 Å². The number of nitrogens with two attached hydrogens (primary N) is 1. The summed E-state index contributed by atoms with van der Waals surface area (Å²) in [7, 11) is -3.21. The highest BCUT2D eigenvalue weighted by molar-refractivity contribution is 7.88. The summed E-state index contributed by atoms with van der Waals surface area (Å²) in [5.74, 6) is 0.0971.